The van der Waals surface area contributed by atoms with Crippen molar-refractivity contribution in [3.05, 3.63) is 62.6 Å². The SMILES string of the molecule is CC[C@@H](NC(=O)COc1ccc(Cl)cc1Br)c1ccc(C)c(C)c1. The fourth-order valence-corrected chi connectivity index (χ4v) is 3.17. The Morgan fingerprint density at radius 2 is 1.96 bits per heavy atom. The van der Waals surface area contributed by atoms with Gasteiger partial charge in [-0.25, -0.2) is 0 Å². The molecule has 0 radical (unpaired) electrons. The van der Waals surface area contributed by atoms with Gasteiger partial charge in [-0.1, -0.05) is 36.7 Å². The van der Waals surface area contributed by atoms with Gasteiger partial charge in [-0.15, -0.1) is 0 Å². The van der Waals surface area contributed by atoms with Gasteiger partial charge in [-0.3, -0.25) is 4.79 Å². The molecule has 128 valence electrons. The number of carbonyl (C=O) groups is 1. The molecule has 0 unspecified atom stereocenters. The van der Waals surface area contributed by atoms with Crippen LogP contribution in [0.4, 0.5) is 0 Å². The van der Waals surface area contributed by atoms with Crippen molar-refractivity contribution in [3.63, 3.8) is 0 Å². The van der Waals surface area contributed by atoms with Crippen molar-refractivity contribution in [1.82, 2.24) is 5.32 Å². The van der Waals surface area contributed by atoms with Crippen LogP contribution >= 0.6 is 27.5 Å². The lowest BCUT2D eigenvalue weighted by atomic mass is 9.99. The van der Waals surface area contributed by atoms with Gasteiger partial charge >= 0.3 is 0 Å². The molecular formula is C19H21BrClNO2. The average Bonchev–Trinajstić information content (AvgIpc) is 2.54. The van der Waals surface area contributed by atoms with E-state index in [4.69, 9.17) is 16.3 Å². The third-order valence-corrected chi connectivity index (χ3v) is 4.78. The van der Waals surface area contributed by atoms with E-state index < -0.39 is 0 Å². The van der Waals surface area contributed by atoms with Crippen LogP contribution < -0.4 is 10.1 Å². The van der Waals surface area contributed by atoms with E-state index in [1.165, 1.54) is 11.1 Å². The number of aryl methyl sites for hydroxylation is 2. The standard InChI is InChI=1S/C19H21BrClNO2/c1-4-17(14-6-5-12(2)13(3)9-14)22-19(23)11-24-18-8-7-15(21)10-16(18)20/h5-10,17H,4,11H2,1-3H3,(H,22,23)/t17-/m1/s1. The maximum Gasteiger partial charge on any atom is 0.258 e. The van der Waals surface area contributed by atoms with E-state index in [9.17, 15) is 4.79 Å². The number of carbonyl (C=O) groups excluding carboxylic acids is 1. The van der Waals surface area contributed by atoms with Crippen LogP contribution in [0.5, 0.6) is 5.75 Å². The highest BCUT2D eigenvalue weighted by Crippen LogP contribution is 2.28. The molecule has 0 saturated carbocycles. The Hall–Kier alpha value is -1.52. The summed E-state index contributed by atoms with van der Waals surface area (Å²) in [4.78, 5) is 12.2. The highest BCUT2D eigenvalue weighted by molar-refractivity contribution is 9.10. The topological polar surface area (TPSA) is 38.3 Å². The summed E-state index contributed by atoms with van der Waals surface area (Å²) in [6, 6.07) is 11.5. The second kappa shape index (κ2) is 8.54. The van der Waals surface area contributed by atoms with Gasteiger partial charge in [-0.2, -0.15) is 0 Å². The van der Waals surface area contributed by atoms with Crippen LogP contribution in [0.3, 0.4) is 0 Å². The molecule has 2 aromatic rings. The van der Waals surface area contributed by atoms with Crippen LogP contribution in [0, 0.1) is 13.8 Å². The average molecular weight is 411 g/mol. The number of halogens is 2. The Bertz CT molecular complexity index is 733. The Labute approximate surface area is 156 Å². The van der Waals surface area contributed by atoms with Crippen molar-refractivity contribution in [1.29, 1.82) is 0 Å². The minimum absolute atomic E-state index is 0.0194. The van der Waals surface area contributed by atoms with Crippen LogP contribution in [0.25, 0.3) is 0 Å². The zero-order valence-corrected chi connectivity index (χ0v) is 16.4. The van der Waals surface area contributed by atoms with Crippen LogP contribution in [0.2, 0.25) is 5.02 Å². The fraction of sp³-hybridized carbons (Fsp3) is 0.316. The zero-order valence-electron chi connectivity index (χ0n) is 14.0. The van der Waals surface area contributed by atoms with Gasteiger partial charge in [0.05, 0.1) is 10.5 Å². The lowest BCUT2D eigenvalue weighted by Crippen LogP contribution is -2.32. The van der Waals surface area contributed by atoms with Gasteiger partial charge in [0.1, 0.15) is 5.75 Å². The van der Waals surface area contributed by atoms with Gasteiger partial charge < -0.3 is 10.1 Å². The molecule has 0 saturated heterocycles. The molecule has 0 aliphatic rings. The van der Waals surface area contributed by atoms with E-state index in [1.807, 2.05) is 0 Å². The minimum Gasteiger partial charge on any atom is -0.483 e. The molecule has 5 heteroatoms. The maximum absolute atomic E-state index is 12.2. The first-order valence-electron chi connectivity index (χ1n) is 7.85. The largest absolute Gasteiger partial charge is 0.483 e. The highest BCUT2D eigenvalue weighted by atomic mass is 79.9. The van der Waals surface area contributed by atoms with Crippen molar-refractivity contribution < 1.29 is 9.53 Å². The second-order valence-corrected chi connectivity index (χ2v) is 7.03. The monoisotopic (exact) mass is 409 g/mol. The fourth-order valence-electron chi connectivity index (χ4n) is 2.37. The second-order valence-electron chi connectivity index (χ2n) is 5.74. The number of ether oxygens (including phenoxy) is 1. The van der Waals surface area contributed by atoms with Crippen molar-refractivity contribution >= 4 is 33.4 Å². The smallest absolute Gasteiger partial charge is 0.258 e. The van der Waals surface area contributed by atoms with Gasteiger partial charge in [0.25, 0.3) is 5.91 Å². The third kappa shape index (κ3) is 4.99. The van der Waals surface area contributed by atoms with Crippen molar-refractivity contribution in [2.24, 2.45) is 0 Å². The number of benzene rings is 2. The predicted octanol–water partition coefficient (Wildman–Crippen LogP) is 5.37. The first-order chi connectivity index (χ1) is 11.4. The number of hydrogen-bond donors (Lipinski definition) is 1. The Kier molecular flexibility index (Phi) is 6.69. The summed E-state index contributed by atoms with van der Waals surface area (Å²) in [6.07, 6.45) is 0.818. The molecule has 1 atom stereocenters. The van der Waals surface area contributed by atoms with Gasteiger partial charge in [0, 0.05) is 5.02 Å². The van der Waals surface area contributed by atoms with E-state index >= 15 is 0 Å². The van der Waals surface area contributed by atoms with Crippen molar-refractivity contribution in [2.75, 3.05) is 6.61 Å². The molecule has 1 N–H and O–H groups in total. The minimum atomic E-state index is -0.151. The summed E-state index contributed by atoms with van der Waals surface area (Å²) >= 11 is 9.27. The van der Waals surface area contributed by atoms with Crippen LogP contribution in [-0.2, 0) is 4.79 Å². The number of hydrogen-bond acceptors (Lipinski definition) is 2. The number of rotatable bonds is 6. The molecule has 0 aliphatic carbocycles. The highest BCUT2D eigenvalue weighted by Gasteiger charge is 2.14. The van der Waals surface area contributed by atoms with Crippen molar-refractivity contribution in [3.8, 4) is 5.75 Å². The molecule has 3 nitrogen and oxygen atoms in total. The van der Waals surface area contributed by atoms with Crippen LogP contribution in [0.15, 0.2) is 40.9 Å². The first kappa shape index (κ1) is 18.8. The maximum atomic E-state index is 12.2. The number of amides is 1. The molecule has 0 aromatic heterocycles. The molecule has 2 rings (SSSR count). The van der Waals surface area contributed by atoms with E-state index in [1.54, 1.807) is 18.2 Å². The van der Waals surface area contributed by atoms with Gasteiger partial charge in [0.2, 0.25) is 0 Å². The molecule has 0 heterocycles. The molecule has 0 bridgehead atoms. The van der Waals surface area contributed by atoms with Crippen LogP contribution in [0.1, 0.15) is 36.1 Å². The molecule has 0 fully saturated rings. The van der Waals surface area contributed by atoms with Crippen molar-refractivity contribution in [2.45, 2.75) is 33.2 Å². The molecule has 2 aromatic carbocycles. The summed E-state index contributed by atoms with van der Waals surface area (Å²) < 4.78 is 6.29. The van der Waals surface area contributed by atoms with Gasteiger partial charge in [0.15, 0.2) is 6.61 Å². The quantitative estimate of drug-likeness (QED) is 0.695. The lowest BCUT2D eigenvalue weighted by molar-refractivity contribution is -0.123. The third-order valence-electron chi connectivity index (χ3n) is 3.93. The summed E-state index contributed by atoms with van der Waals surface area (Å²) in [5.74, 6) is 0.440. The van der Waals surface area contributed by atoms with Crippen LogP contribution in [-0.4, -0.2) is 12.5 Å². The lowest BCUT2D eigenvalue weighted by Gasteiger charge is -2.19. The van der Waals surface area contributed by atoms with Gasteiger partial charge in [-0.05, 0) is 71.1 Å². The Balaban J connectivity index is 1.97. The normalized spacial score (nSPS) is 11.9. The summed E-state index contributed by atoms with van der Waals surface area (Å²) in [5, 5.41) is 3.64. The molecule has 0 aliphatic heterocycles. The molecule has 0 spiro atoms. The molecule has 1 amide bonds. The Morgan fingerprint density at radius 3 is 2.58 bits per heavy atom. The Morgan fingerprint density at radius 1 is 1.21 bits per heavy atom. The zero-order chi connectivity index (χ0) is 17.7. The van der Waals surface area contributed by atoms with E-state index in [2.05, 4.69) is 60.2 Å². The summed E-state index contributed by atoms with van der Waals surface area (Å²) in [5.41, 5.74) is 3.58. The predicted molar refractivity (Wildman–Crippen MR) is 102 cm³/mol. The van der Waals surface area contributed by atoms with E-state index in [0.29, 0.717) is 10.8 Å². The summed E-state index contributed by atoms with van der Waals surface area (Å²) in [6.45, 7) is 6.17. The molecule has 24 heavy (non-hydrogen) atoms. The summed E-state index contributed by atoms with van der Waals surface area (Å²) in [7, 11) is 0. The van der Waals surface area contributed by atoms with E-state index in [-0.39, 0.29) is 18.6 Å². The van der Waals surface area contributed by atoms with E-state index in [0.717, 1.165) is 16.5 Å². The number of nitrogens with one attached hydrogen (secondary N) is 1. The molecular weight excluding hydrogens is 390 g/mol. The first-order valence-corrected chi connectivity index (χ1v) is 9.02.